The SMILES string of the molecule is Cc1c(O)c(S(=O)(=O)Oc2ccc(N(C)C)cc2)cc2ccc(S(=O)(=O)Oc3ccc(N(C)C)cc3)cc12. The van der Waals surface area contributed by atoms with Gasteiger partial charge in [0.05, 0.1) is 0 Å². The number of benzene rings is 4. The van der Waals surface area contributed by atoms with Crippen molar-refractivity contribution in [1.29, 1.82) is 0 Å². The maximum absolute atomic E-state index is 13.0. The highest BCUT2D eigenvalue weighted by atomic mass is 32.2. The third-order valence-electron chi connectivity index (χ3n) is 5.98. The molecular weight excluding hydrogens is 528 g/mol. The van der Waals surface area contributed by atoms with E-state index in [4.69, 9.17) is 8.37 Å². The van der Waals surface area contributed by atoms with Crippen LogP contribution in [-0.2, 0) is 20.2 Å². The third-order valence-corrected chi connectivity index (χ3v) is 8.48. The Morgan fingerprint density at radius 2 is 1.13 bits per heavy atom. The van der Waals surface area contributed by atoms with Gasteiger partial charge in [0.2, 0.25) is 0 Å². The van der Waals surface area contributed by atoms with Gasteiger partial charge in [0.15, 0.2) is 0 Å². The van der Waals surface area contributed by atoms with Crippen molar-refractivity contribution >= 4 is 42.4 Å². The van der Waals surface area contributed by atoms with Crippen LogP contribution in [0, 0.1) is 6.92 Å². The average Bonchev–Trinajstić information content (AvgIpc) is 2.86. The molecule has 4 aromatic carbocycles. The third kappa shape index (κ3) is 5.48. The molecule has 0 radical (unpaired) electrons. The standard InChI is InChI=1S/C27H28N2O7S2/c1-18-25-17-24(37(31,32)35-22-11-7-20(8-12-22)28(2)3)15-6-19(25)16-26(27(18)30)38(33,34)36-23-13-9-21(10-14-23)29(4)5/h6-17,30H,1-5H3. The summed E-state index contributed by atoms with van der Waals surface area (Å²) in [5, 5.41) is 11.5. The van der Waals surface area contributed by atoms with Gasteiger partial charge in [-0.2, -0.15) is 16.8 Å². The smallest absolute Gasteiger partial charge is 0.342 e. The minimum Gasteiger partial charge on any atom is -0.506 e. The van der Waals surface area contributed by atoms with E-state index < -0.39 is 30.9 Å². The molecule has 9 nitrogen and oxygen atoms in total. The molecule has 0 aliphatic carbocycles. The van der Waals surface area contributed by atoms with Gasteiger partial charge in [-0.25, -0.2) is 0 Å². The molecule has 4 rings (SSSR count). The number of hydrogen-bond donors (Lipinski definition) is 1. The lowest BCUT2D eigenvalue weighted by atomic mass is 10.0. The van der Waals surface area contributed by atoms with Gasteiger partial charge in [-0.05, 0) is 84.4 Å². The summed E-state index contributed by atoms with van der Waals surface area (Å²) in [6, 6.07) is 18.4. The molecule has 0 heterocycles. The number of aromatic hydroxyl groups is 1. The van der Waals surface area contributed by atoms with E-state index in [9.17, 15) is 21.9 Å². The lowest BCUT2D eigenvalue weighted by Crippen LogP contribution is -2.12. The first-order valence-electron chi connectivity index (χ1n) is 11.5. The van der Waals surface area contributed by atoms with E-state index in [0.717, 1.165) is 11.4 Å². The molecule has 0 atom stereocenters. The van der Waals surface area contributed by atoms with Crippen LogP contribution in [0.2, 0.25) is 0 Å². The Balaban J connectivity index is 1.66. The fraction of sp³-hybridized carbons (Fsp3) is 0.185. The minimum atomic E-state index is -4.39. The number of nitrogens with zero attached hydrogens (tertiary/aromatic N) is 2. The molecule has 0 spiro atoms. The average molecular weight is 557 g/mol. The molecule has 0 aliphatic heterocycles. The number of rotatable bonds is 8. The van der Waals surface area contributed by atoms with E-state index in [1.807, 2.05) is 38.0 Å². The summed E-state index contributed by atoms with van der Waals surface area (Å²) < 4.78 is 62.5. The first-order chi connectivity index (χ1) is 17.8. The van der Waals surface area contributed by atoms with E-state index in [2.05, 4.69) is 0 Å². The zero-order valence-electron chi connectivity index (χ0n) is 21.5. The van der Waals surface area contributed by atoms with Crippen molar-refractivity contribution in [3.8, 4) is 17.2 Å². The summed E-state index contributed by atoms with van der Waals surface area (Å²) in [6.45, 7) is 1.50. The molecule has 0 amide bonds. The number of phenolic OH excluding ortho intramolecular Hbond substituents is 1. The molecule has 4 aromatic rings. The molecule has 0 bridgehead atoms. The fourth-order valence-electron chi connectivity index (χ4n) is 3.80. The molecule has 0 aromatic heterocycles. The highest BCUT2D eigenvalue weighted by molar-refractivity contribution is 7.87. The van der Waals surface area contributed by atoms with Crippen LogP contribution < -0.4 is 18.2 Å². The number of fused-ring (bicyclic) bond motifs is 1. The maximum atomic E-state index is 13.0. The largest absolute Gasteiger partial charge is 0.506 e. The van der Waals surface area contributed by atoms with Crippen molar-refractivity contribution in [2.24, 2.45) is 0 Å². The van der Waals surface area contributed by atoms with Gasteiger partial charge < -0.3 is 23.3 Å². The number of aryl methyl sites for hydroxylation is 1. The second-order valence-corrected chi connectivity index (χ2v) is 12.1. The summed E-state index contributed by atoms with van der Waals surface area (Å²) in [7, 11) is -1.15. The predicted molar refractivity (Wildman–Crippen MR) is 148 cm³/mol. The fourth-order valence-corrected chi connectivity index (χ4v) is 5.87. The van der Waals surface area contributed by atoms with Crippen molar-refractivity contribution in [2.75, 3.05) is 38.0 Å². The normalized spacial score (nSPS) is 11.8. The second-order valence-electron chi connectivity index (χ2n) is 9.08. The van der Waals surface area contributed by atoms with Gasteiger partial charge in [0, 0.05) is 45.1 Å². The Morgan fingerprint density at radius 3 is 1.61 bits per heavy atom. The van der Waals surface area contributed by atoms with Crippen molar-refractivity contribution < 1.29 is 30.3 Å². The van der Waals surface area contributed by atoms with Crippen LogP contribution in [0.1, 0.15) is 5.56 Å². The summed E-state index contributed by atoms with van der Waals surface area (Å²) in [4.78, 5) is 3.16. The first-order valence-corrected chi connectivity index (χ1v) is 14.3. The van der Waals surface area contributed by atoms with Gasteiger partial charge >= 0.3 is 20.2 Å². The molecule has 0 aliphatic rings. The lowest BCUT2D eigenvalue weighted by Gasteiger charge is -2.15. The van der Waals surface area contributed by atoms with Crippen LogP contribution in [0.4, 0.5) is 11.4 Å². The van der Waals surface area contributed by atoms with Crippen LogP contribution in [0.3, 0.4) is 0 Å². The van der Waals surface area contributed by atoms with Gasteiger partial charge in [0.1, 0.15) is 27.0 Å². The summed E-state index contributed by atoms with van der Waals surface area (Å²) in [5.41, 5.74) is 1.92. The van der Waals surface area contributed by atoms with Crippen LogP contribution in [-0.4, -0.2) is 50.1 Å². The summed E-state index contributed by atoms with van der Waals surface area (Å²) >= 11 is 0. The zero-order chi connectivity index (χ0) is 27.8. The van der Waals surface area contributed by atoms with E-state index in [1.165, 1.54) is 43.3 Å². The van der Waals surface area contributed by atoms with Crippen LogP contribution in [0.15, 0.2) is 82.6 Å². The molecule has 11 heteroatoms. The minimum absolute atomic E-state index is 0.0879. The molecule has 38 heavy (non-hydrogen) atoms. The van der Waals surface area contributed by atoms with E-state index in [-0.39, 0.29) is 22.0 Å². The zero-order valence-corrected chi connectivity index (χ0v) is 23.2. The number of phenols is 1. The first kappa shape index (κ1) is 27.1. The molecule has 0 unspecified atom stereocenters. The van der Waals surface area contributed by atoms with E-state index in [0.29, 0.717) is 10.8 Å². The van der Waals surface area contributed by atoms with Crippen LogP contribution in [0.25, 0.3) is 10.8 Å². The predicted octanol–water partition coefficient (Wildman–Crippen LogP) is 4.52. The van der Waals surface area contributed by atoms with Gasteiger partial charge in [-0.1, -0.05) is 6.07 Å². The highest BCUT2D eigenvalue weighted by Crippen LogP contribution is 2.36. The topological polar surface area (TPSA) is 113 Å². The molecule has 200 valence electrons. The molecule has 1 N–H and O–H groups in total. The Labute approximate surface area is 222 Å². The lowest BCUT2D eigenvalue weighted by molar-refractivity contribution is 0.442. The van der Waals surface area contributed by atoms with Crippen molar-refractivity contribution in [2.45, 2.75) is 16.7 Å². The Bertz CT molecular complexity index is 1700. The quantitative estimate of drug-likeness (QED) is 0.313. The van der Waals surface area contributed by atoms with Crippen molar-refractivity contribution in [3.05, 3.63) is 78.4 Å². The highest BCUT2D eigenvalue weighted by Gasteiger charge is 2.25. The van der Waals surface area contributed by atoms with Gasteiger partial charge in [0.25, 0.3) is 0 Å². The number of anilines is 2. The van der Waals surface area contributed by atoms with Crippen molar-refractivity contribution in [1.82, 2.24) is 0 Å². The van der Waals surface area contributed by atoms with Crippen LogP contribution in [0.5, 0.6) is 17.2 Å². The molecule has 0 fully saturated rings. The van der Waals surface area contributed by atoms with Gasteiger partial charge in [-0.15, -0.1) is 0 Å². The van der Waals surface area contributed by atoms with Gasteiger partial charge in [-0.3, -0.25) is 0 Å². The number of hydrogen-bond acceptors (Lipinski definition) is 9. The Kier molecular flexibility index (Phi) is 7.18. The maximum Gasteiger partial charge on any atom is 0.342 e. The molecule has 0 saturated carbocycles. The van der Waals surface area contributed by atoms with E-state index >= 15 is 0 Å². The van der Waals surface area contributed by atoms with Crippen LogP contribution >= 0.6 is 0 Å². The Hall–Kier alpha value is -3.96. The summed E-state index contributed by atoms with van der Waals surface area (Å²) in [6.07, 6.45) is 0. The monoisotopic (exact) mass is 556 g/mol. The van der Waals surface area contributed by atoms with Crippen molar-refractivity contribution in [3.63, 3.8) is 0 Å². The molecular formula is C27H28N2O7S2. The molecule has 0 saturated heterocycles. The Morgan fingerprint density at radius 1 is 0.658 bits per heavy atom. The van der Waals surface area contributed by atoms with E-state index in [1.54, 1.807) is 36.4 Å². The second kappa shape index (κ2) is 10.1. The summed E-state index contributed by atoms with van der Waals surface area (Å²) in [5.74, 6) is -0.297.